The van der Waals surface area contributed by atoms with Crippen molar-refractivity contribution in [1.82, 2.24) is 0 Å². The van der Waals surface area contributed by atoms with Crippen molar-refractivity contribution in [3.63, 3.8) is 0 Å². The molecule has 1 aromatic carbocycles. The largest absolute Gasteiger partial charge is 0.478 e. The van der Waals surface area contributed by atoms with Crippen LogP contribution in [0.5, 0.6) is 0 Å². The minimum atomic E-state index is -1.22. The first kappa shape index (κ1) is 12.7. The van der Waals surface area contributed by atoms with Gasteiger partial charge in [-0.15, -0.1) is 0 Å². The molecule has 0 saturated carbocycles. The molecule has 0 spiro atoms. The van der Waals surface area contributed by atoms with Gasteiger partial charge in [-0.3, -0.25) is 0 Å². The molecule has 0 aliphatic rings. The van der Waals surface area contributed by atoms with E-state index in [1.165, 1.54) is 12.1 Å². The number of aryl methyl sites for hydroxylation is 1. The van der Waals surface area contributed by atoms with Gasteiger partial charge < -0.3 is 10.2 Å². The van der Waals surface area contributed by atoms with Crippen molar-refractivity contribution in [3.05, 3.63) is 34.9 Å². The average Bonchev–Trinajstić information content (AvgIpc) is 2.02. The van der Waals surface area contributed by atoms with Crippen LogP contribution in [0.15, 0.2) is 18.2 Å². The number of hydrogen-bond donors (Lipinski definition) is 2. The second-order valence-corrected chi connectivity index (χ2v) is 2.61. The third-order valence-electron chi connectivity index (χ3n) is 1.72. The van der Waals surface area contributed by atoms with Crippen molar-refractivity contribution in [2.75, 3.05) is 0 Å². The second-order valence-electron chi connectivity index (χ2n) is 2.61. The summed E-state index contributed by atoms with van der Waals surface area (Å²) in [6.07, 6.45) is 0. The summed E-state index contributed by atoms with van der Waals surface area (Å²) in [6, 6.07) is 4.36. The number of carboxylic acid groups (broad SMARTS) is 2. The van der Waals surface area contributed by atoms with Crippen LogP contribution in [-0.2, 0) is 17.1 Å². The second kappa shape index (κ2) is 4.79. The molecule has 0 bridgehead atoms. The van der Waals surface area contributed by atoms with E-state index in [1.807, 2.05) is 0 Å². The van der Waals surface area contributed by atoms with E-state index < -0.39 is 11.9 Å². The molecule has 0 atom stereocenters. The predicted molar refractivity (Wildman–Crippen MR) is 45.1 cm³/mol. The van der Waals surface area contributed by atoms with Crippen molar-refractivity contribution in [1.29, 1.82) is 0 Å². The molecule has 1 radical (unpaired) electrons. The van der Waals surface area contributed by atoms with Crippen molar-refractivity contribution in [2.45, 2.75) is 6.92 Å². The zero-order valence-corrected chi connectivity index (χ0v) is 8.19. The summed E-state index contributed by atoms with van der Waals surface area (Å²) in [4.78, 5) is 21.3. The Kier molecular flexibility index (Phi) is 4.34. The van der Waals surface area contributed by atoms with E-state index in [4.69, 9.17) is 10.2 Å². The minimum absolute atomic E-state index is 0. The fourth-order valence-corrected chi connectivity index (χ4v) is 1.13. The van der Waals surface area contributed by atoms with Crippen LogP contribution in [0.2, 0.25) is 0 Å². The van der Waals surface area contributed by atoms with E-state index in [1.54, 1.807) is 13.0 Å². The van der Waals surface area contributed by atoms with Gasteiger partial charge in [-0.2, -0.15) is 0 Å². The summed E-state index contributed by atoms with van der Waals surface area (Å²) >= 11 is 0. The van der Waals surface area contributed by atoms with Gasteiger partial charge in [-0.1, -0.05) is 12.1 Å². The van der Waals surface area contributed by atoms with Gasteiger partial charge in [0.1, 0.15) is 0 Å². The fourth-order valence-electron chi connectivity index (χ4n) is 1.13. The third kappa shape index (κ3) is 2.34. The van der Waals surface area contributed by atoms with E-state index >= 15 is 0 Å². The van der Waals surface area contributed by atoms with E-state index in [0.29, 0.717) is 5.56 Å². The molecular formula is C9H8CuO4. The van der Waals surface area contributed by atoms with E-state index in [9.17, 15) is 9.59 Å². The van der Waals surface area contributed by atoms with Crippen molar-refractivity contribution in [2.24, 2.45) is 0 Å². The molecule has 5 heteroatoms. The van der Waals surface area contributed by atoms with Crippen molar-refractivity contribution >= 4 is 11.9 Å². The normalized spacial score (nSPS) is 8.93. The Labute approximate surface area is 91.0 Å². The molecule has 2 N–H and O–H groups in total. The Morgan fingerprint density at radius 1 is 1.14 bits per heavy atom. The molecule has 0 aromatic heterocycles. The molecular weight excluding hydrogens is 236 g/mol. The first-order chi connectivity index (χ1) is 6.04. The first-order valence-electron chi connectivity index (χ1n) is 3.60. The SMILES string of the molecule is Cc1cccc(C(=O)O)c1C(=O)O.[Cu]. The molecule has 0 aliphatic heterocycles. The standard InChI is InChI=1S/C9H8O4.Cu/c1-5-3-2-4-6(8(10)11)7(5)9(12)13;/h2-4H,1H3,(H,10,11)(H,12,13);. The van der Waals surface area contributed by atoms with Crippen LogP contribution in [0.4, 0.5) is 0 Å². The summed E-state index contributed by atoms with van der Waals surface area (Å²) < 4.78 is 0. The monoisotopic (exact) mass is 243 g/mol. The summed E-state index contributed by atoms with van der Waals surface area (Å²) in [5.74, 6) is -2.43. The van der Waals surface area contributed by atoms with Crippen molar-refractivity contribution < 1.29 is 36.9 Å². The zero-order chi connectivity index (χ0) is 10.0. The molecule has 0 heterocycles. The van der Waals surface area contributed by atoms with Crippen LogP contribution < -0.4 is 0 Å². The number of benzene rings is 1. The zero-order valence-electron chi connectivity index (χ0n) is 7.24. The summed E-state index contributed by atoms with van der Waals surface area (Å²) in [7, 11) is 0. The van der Waals surface area contributed by atoms with Gasteiger partial charge in [0.25, 0.3) is 0 Å². The van der Waals surface area contributed by atoms with Crippen LogP contribution in [-0.4, -0.2) is 22.2 Å². The number of hydrogen-bond acceptors (Lipinski definition) is 2. The van der Waals surface area contributed by atoms with Crippen LogP contribution in [0.1, 0.15) is 26.3 Å². The van der Waals surface area contributed by atoms with E-state index in [-0.39, 0.29) is 28.2 Å². The van der Waals surface area contributed by atoms with Crippen LogP contribution in [0.3, 0.4) is 0 Å². The maximum atomic E-state index is 10.7. The van der Waals surface area contributed by atoms with Crippen LogP contribution in [0.25, 0.3) is 0 Å². The topological polar surface area (TPSA) is 74.6 Å². The maximum Gasteiger partial charge on any atom is 0.336 e. The summed E-state index contributed by atoms with van der Waals surface area (Å²) in [5, 5.41) is 17.4. The molecule has 0 fully saturated rings. The molecule has 0 amide bonds. The van der Waals surface area contributed by atoms with Gasteiger partial charge in [0, 0.05) is 17.1 Å². The quantitative estimate of drug-likeness (QED) is 0.770. The van der Waals surface area contributed by atoms with Gasteiger partial charge in [-0.25, -0.2) is 9.59 Å². The summed E-state index contributed by atoms with van der Waals surface area (Å²) in [5.41, 5.74) is 0.134. The number of carboxylic acids is 2. The van der Waals surface area contributed by atoms with E-state index in [0.717, 1.165) is 0 Å². The molecule has 1 rings (SSSR count). The molecule has 0 saturated heterocycles. The van der Waals surface area contributed by atoms with Gasteiger partial charge in [0.15, 0.2) is 0 Å². The molecule has 0 unspecified atom stereocenters. The maximum absolute atomic E-state index is 10.7. The molecule has 79 valence electrons. The van der Waals surface area contributed by atoms with E-state index in [2.05, 4.69) is 0 Å². The average molecular weight is 244 g/mol. The van der Waals surface area contributed by atoms with Crippen LogP contribution in [0, 0.1) is 6.92 Å². The Morgan fingerprint density at radius 3 is 2.07 bits per heavy atom. The Hall–Kier alpha value is -1.32. The smallest absolute Gasteiger partial charge is 0.336 e. The first-order valence-corrected chi connectivity index (χ1v) is 3.60. The fraction of sp³-hybridized carbons (Fsp3) is 0.111. The Bertz CT molecular complexity index is 373. The number of aromatic carboxylic acids is 2. The Morgan fingerprint density at radius 2 is 1.71 bits per heavy atom. The minimum Gasteiger partial charge on any atom is -0.478 e. The molecule has 0 aliphatic carbocycles. The number of rotatable bonds is 2. The predicted octanol–water partition coefficient (Wildman–Crippen LogP) is 1.39. The van der Waals surface area contributed by atoms with Gasteiger partial charge in [0.05, 0.1) is 11.1 Å². The van der Waals surface area contributed by atoms with Gasteiger partial charge >= 0.3 is 11.9 Å². The third-order valence-corrected chi connectivity index (χ3v) is 1.72. The van der Waals surface area contributed by atoms with Gasteiger partial charge in [0.2, 0.25) is 0 Å². The molecule has 14 heavy (non-hydrogen) atoms. The number of carbonyl (C=O) groups is 2. The Balaban J connectivity index is 0.00000169. The summed E-state index contributed by atoms with van der Waals surface area (Å²) in [6.45, 7) is 1.57. The van der Waals surface area contributed by atoms with Crippen LogP contribution >= 0.6 is 0 Å². The van der Waals surface area contributed by atoms with Gasteiger partial charge in [-0.05, 0) is 18.6 Å². The molecule has 1 aromatic rings. The van der Waals surface area contributed by atoms with Crippen molar-refractivity contribution in [3.8, 4) is 0 Å². The molecule has 4 nitrogen and oxygen atoms in total.